The van der Waals surface area contributed by atoms with Crippen LogP contribution >= 0.6 is 0 Å². The molecule has 0 aliphatic carbocycles. The van der Waals surface area contributed by atoms with Gasteiger partial charge in [-0.25, -0.2) is 0 Å². The minimum atomic E-state index is 0.332. The largest absolute Gasteiger partial charge is 0.454 e. The van der Waals surface area contributed by atoms with Gasteiger partial charge < -0.3 is 14.7 Å². The van der Waals surface area contributed by atoms with Crippen molar-refractivity contribution in [2.24, 2.45) is 0 Å². The summed E-state index contributed by atoms with van der Waals surface area (Å²) in [6.45, 7) is 2.47. The average molecular weight is 321 g/mol. The summed E-state index contributed by atoms with van der Waals surface area (Å²) in [4.78, 5) is 4.41. The number of aromatic nitrogens is 4. The van der Waals surface area contributed by atoms with Gasteiger partial charge in [0.2, 0.25) is 5.82 Å². The van der Waals surface area contributed by atoms with Crippen molar-refractivity contribution in [3.05, 3.63) is 60.1 Å². The highest BCUT2D eigenvalue weighted by molar-refractivity contribution is 5.68. The Morgan fingerprint density at radius 2 is 2.08 bits per heavy atom. The van der Waals surface area contributed by atoms with Gasteiger partial charge in [0.25, 0.3) is 5.89 Å². The fraction of sp³-hybridized carbons (Fsp3) is 0.118. The van der Waals surface area contributed by atoms with Crippen molar-refractivity contribution in [1.82, 2.24) is 19.9 Å². The zero-order chi connectivity index (χ0) is 16.5. The lowest BCUT2D eigenvalue weighted by atomic mass is 10.1. The molecule has 3 aromatic heterocycles. The van der Waals surface area contributed by atoms with E-state index in [2.05, 4.69) is 15.2 Å². The summed E-state index contributed by atoms with van der Waals surface area (Å²) in [5.74, 6) is 2.10. The molecular weight excluding hydrogens is 306 g/mol. The molecule has 0 radical (unpaired) electrons. The van der Waals surface area contributed by atoms with Crippen LogP contribution in [0.15, 0.2) is 57.7 Å². The first-order valence-electron chi connectivity index (χ1n) is 7.46. The number of hydrogen-bond donors (Lipinski definition) is 1. The van der Waals surface area contributed by atoms with Crippen LogP contribution < -0.4 is 5.73 Å². The van der Waals surface area contributed by atoms with E-state index in [1.165, 1.54) is 0 Å². The second-order valence-electron chi connectivity index (χ2n) is 5.41. The maximum absolute atomic E-state index is 5.93. The monoisotopic (exact) mass is 321 g/mol. The van der Waals surface area contributed by atoms with Gasteiger partial charge in [0, 0.05) is 23.6 Å². The van der Waals surface area contributed by atoms with Gasteiger partial charge in [-0.2, -0.15) is 10.1 Å². The number of anilines is 1. The summed E-state index contributed by atoms with van der Waals surface area (Å²) in [6, 6.07) is 11.2. The molecule has 7 nitrogen and oxygen atoms in total. The van der Waals surface area contributed by atoms with Crippen LogP contribution in [0.2, 0.25) is 0 Å². The standard InChI is InChI=1S/C17H15N5O2/c1-11-13(4-2-5-14(11)18)16-20-17(24-21-16)15-7-6-12(23-15)10-22-9-3-8-19-22/h2-9H,10,18H2,1H3. The molecule has 0 spiro atoms. The van der Waals surface area contributed by atoms with Crippen LogP contribution in [0, 0.1) is 6.92 Å². The van der Waals surface area contributed by atoms with E-state index in [9.17, 15) is 0 Å². The van der Waals surface area contributed by atoms with Gasteiger partial charge in [0.05, 0.1) is 6.54 Å². The first kappa shape index (κ1) is 14.3. The number of rotatable bonds is 4. The molecule has 0 aliphatic rings. The molecular formula is C17H15N5O2. The predicted molar refractivity (Wildman–Crippen MR) is 87.9 cm³/mol. The quantitative estimate of drug-likeness (QED) is 0.580. The van der Waals surface area contributed by atoms with Crippen LogP contribution in [0.3, 0.4) is 0 Å². The van der Waals surface area contributed by atoms with Gasteiger partial charge in [-0.1, -0.05) is 17.3 Å². The van der Waals surface area contributed by atoms with E-state index in [-0.39, 0.29) is 0 Å². The Hall–Kier alpha value is -3.35. The maximum atomic E-state index is 5.93. The number of hydrogen-bond acceptors (Lipinski definition) is 6. The molecule has 0 saturated carbocycles. The summed E-state index contributed by atoms with van der Waals surface area (Å²) in [5, 5.41) is 8.18. The van der Waals surface area contributed by atoms with Crippen LogP contribution in [0.5, 0.6) is 0 Å². The first-order valence-corrected chi connectivity index (χ1v) is 7.46. The van der Waals surface area contributed by atoms with Gasteiger partial charge in [-0.05, 0) is 36.8 Å². The number of nitrogens with two attached hydrogens (primary N) is 1. The van der Waals surface area contributed by atoms with Crippen LogP contribution in [-0.4, -0.2) is 19.9 Å². The Labute approximate surface area is 137 Å². The number of furan rings is 1. The van der Waals surface area contributed by atoms with Crippen molar-refractivity contribution in [1.29, 1.82) is 0 Å². The molecule has 7 heteroatoms. The molecule has 1 aromatic carbocycles. The molecule has 4 rings (SSSR count). The highest BCUT2D eigenvalue weighted by Crippen LogP contribution is 2.28. The van der Waals surface area contributed by atoms with Crippen molar-refractivity contribution in [3.63, 3.8) is 0 Å². The zero-order valence-corrected chi connectivity index (χ0v) is 13.0. The van der Waals surface area contributed by atoms with Crippen LogP contribution in [0.1, 0.15) is 11.3 Å². The molecule has 0 aliphatic heterocycles. The summed E-state index contributed by atoms with van der Waals surface area (Å²) in [7, 11) is 0. The molecule has 24 heavy (non-hydrogen) atoms. The predicted octanol–water partition coefficient (Wildman–Crippen LogP) is 3.13. The molecule has 2 N–H and O–H groups in total. The highest BCUT2D eigenvalue weighted by Gasteiger charge is 2.16. The van der Waals surface area contributed by atoms with E-state index in [0.717, 1.165) is 16.9 Å². The average Bonchev–Trinajstić information content (AvgIpc) is 3.31. The second-order valence-corrected chi connectivity index (χ2v) is 5.41. The normalized spacial score (nSPS) is 11.0. The fourth-order valence-electron chi connectivity index (χ4n) is 2.46. The first-order chi connectivity index (χ1) is 11.7. The summed E-state index contributed by atoms with van der Waals surface area (Å²) in [6.07, 6.45) is 3.59. The van der Waals surface area contributed by atoms with Crippen molar-refractivity contribution in [2.75, 3.05) is 5.73 Å². The fourth-order valence-corrected chi connectivity index (χ4v) is 2.46. The molecule has 0 bridgehead atoms. The third kappa shape index (κ3) is 2.56. The van der Waals surface area contributed by atoms with E-state index in [1.807, 2.05) is 49.5 Å². The Kier molecular flexibility index (Phi) is 3.38. The molecule has 4 aromatic rings. The molecule has 120 valence electrons. The Morgan fingerprint density at radius 3 is 2.92 bits per heavy atom. The third-order valence-electron chi connectivity index (χ3n) is 3.79. The third-order valence-corrected chi connectivity index (χ3v) is 3.79. The van der Waals surface area contributed by atoms with E-state index in [4.69, 9.17) is 14.7 Å². The summed E-state index contributed by atoms with van der Waals surface area (Å²) in [5.41, 5.74) is 8.38. The van der Waals surface area contributed by atoms with Crippen molar-refractivity contribution < 1.29 is 8.94 Å². The molecule has 0 saturated heterocycles. The topological polar surface area (TPSA) is 95.9 Å². The van der Waals surface area contributed by atoms with Crippen molar-refractivity contribution in [3.8, 4) is 23.0 Å². The van der Waals surface area contributed by atoms with Crippen molar-refractivity contribution >= 4 is 5.69 Å². The van der Waals surface area contributed by atoms with Crippen LogP contribution in [0.4, 0.5) is 5.69 Å². The SMILES string of the molecule is Cc1c(N)cccc1-c1noc(-c2ccc(Cn3cccn3)o2)n1. The van der Waals surface area contributed by atoms with Crippen LogP contribution in [-0.2, 0) is 6.54 Å². The lowest BCUT2D eigenvalue weighted by Gasteiger charge is -2.03. The smallest absolute Gasteiger partial charge is 0.293 e. The van der Waals surface area contributed by atoms with E-state index >= 15 is 0 Å². The minimum absolute atomic E-state index is 0.332. The number of nitrogen functional groups attached to an aromatic ring is 1. The second kappa shape index (κ2) is 5.69. The minimum Gasteiger partial charge on any atom is -0.454 e. The number of nitrogens with zero attached hydrogens (tertiary/aromatic N) is 4. The van der Waals surface area contributed by atoms with E-state index in [1.54, 1.807) is 10.9 Å². The van der Waals surface area contributed by atoms with Crippen molar-refractivity contribution in [2.45, 2.75) is 13.5 Å². The van der Waals surface area contributed by atoms with Gasteiger partial charge >= 0.3 is 0 Å². The van der Waals surface area contributed by atoms with Crippen LogP contribution in [0.25, 0.3) is 23.0 Å². The van der Waals surface area contributed by atoms with E-state index < -0.39 is 0 Å². The highest BCUT2D eigenvalue weighted by atomic mass is 16.5. The lowest BCUT2D eigenvalue weighted by molar-refractivity contribution is 0.408. The molecule has 0 unspecified atom stereocenters. The van der Waals surface area contributed by atoms with Gasteiger partial charge in [0.1, 0.15) is 5.76 Å². The molecule has 0 fully saturated rings. The Balaban J connectivity index is 1.61. The number of benzene rings is 1. The molecule has 3 heterocycles. The van der Waals surface area contributed by atoms with Gasteiger partial charge in [-0.3, -0.25) is 4.68 Å². The zero-order valence-electron chi connectivity index (χ0n) is 13.0. The molecule has 0 amide bonds. The van der Waals surface area contributed by atoms with Gasteiger partial charge in [-0.15, -0.1) is 0 Å². The maximum Gasteiger partial charge on any atom is 0.293 e. The van der Waals surface area contributed by atoms with Gasteiger partial charge in [0.15, 0.2) is 5.76 Å². The Bertz CT molecular complexity index is 969. The summed E-state index contributed by atoms with van der Waals surface area (Å²) >= 11 is 0. The summed E-state index contributed by atoms with van der Waals surface area (Å²) < 4.78 is 12.9. The molecule has 0 atom stereocenters. The lowest BCUT2D eigenvalue weighted by Crippen LogP contribution is -1.97. The van der Waals surface area contributed by atoms with E-state index in [0.29, 0.717) is 29.7 Å². The Morgan fingerprint density at radius 1 is 1.17 bits per heavy atom.